The summed E-state index contributed by atoms with van der Waals surface area (Å²) in [5, 5.41) is 32.8. The van der Waals surface area contributed by atoms with E-state index < -0.39 is 77.8 Å². The van der Waals surface area contributed by atoms with Gasteiger partial charge in [0, 0.05) is 58.5 Å². The lowest BCUT2D eigenvalue weighted by Gasteiger charge is -2.42. The van der Waals surface area contributed by atoms with E-state index in [0.29, 0.717) is 63.4 Å². The largest absolute Gasteiger partial charge is 0.460 e. The van der Waals surface area contributed by atoms with Crippen molar-refractivity contribution in [2.75, 3.05) is 41.1 Å². The number of ether oxygens (including phenoxy) is 6. The molecule has 4 rings (SSSR count). The predicted molar refractivity (Wildman–Crippen MR) is 256 cm³/mol. The number of esters is 1. The Morgan fingerprint density at radius 1 is 0.853 bits per heavy atom. The molecule has 15 atom stereocenters. The molecule has 0 unspecified atom stereocenters. The number of fused-ring (bicyclic) bond motifs is 3. The van der Waals surface area contributed by atoms with Crippen LogP contribution in [0.5, 0.6) is 0 Å². The van der Waals surface area contributed by atoms with Crippen molar-refractivity contribution in [1.29, 1.82) is 0 Å². The van der Waals surface area contributed by atoms with Gasteiger partial charge >= 0.3 is 5.97 Å². The van der Waals surface area contributed by atoms with Crippen LogP contribution >= 0.6 is 0 Å². The van der Waals surface area contributed by atoms with Crippen molar-refractivity contribution < 1.29 is 67.7 Å². The Kier molecular flexibility index (Phi) is 22.9. The normalized spacial score (nSPS) is 39.2. The number of hydrogen-bond donors (Lipinski definition) is 3. The van der Waals surface area contributed by atoms with E-state index in [9.17, 15) is 39.3 Å². The van der Waals surface area contributed by atoms with E-state index in [1.54, 1.807) is 41.1 Å². The maximum absolute atomic E-state index is 14.5. The summed E-state index contributed by atoms with van der Waals surface area (Å²) >= 11 is 0. The van der Waals surface area contributed by atoms with Gasteiger partial charge in [0.15, 0.2) is 5.78 Å². The molecule has 0 spiro atoms. The Morgan fingerprint density at radius 2 is 1.59 bits per heavy atom. The zero-order chi connectivity index (χ0) is 50.3. The molecule has 15 heteroatoms. The first-order chi connectivity index (χ1) is 32.3. The second-order valence-corrected chi connectivity index (χ2v) is 20.2. The Hall–Kier alpha value is -3.41. The number of amides is 1. The number of hydrogen-bond acceptors (Lipinski definition) is 14. The molecule has 3 N–H and O–H groups in total. The molecule has 3 aliphatic heterocycles. The molecule has 3 fully saturated rings. The maximum Gasteiger partial charge on any atom is 0.329 e. The zero-order valence-corrected chi connectivity index (χ0v) is 42.4. The van der Waals surface area contributed by atoms with Crippen molar-refractivity contribution in [3.8, 4) is 0 Å². The second kappa shape index (κ2) is 27.3. The maximum atomic E-state index is 14.5. The molecule has 3 heterocycles. The molecule has 0 aromatic heterocycles. The summed E-state index contributed by atoms with van der Waals surface area (Å²) in [6, 6.07) is -1.14. The highest BCUT2D eigenvalue weighted by atomic mass is 16.6. The van der Waals surface area contributed by atoms with Crippen LogP contribution in [0, 0.1) is 35.5 Å². The molecule has 4 aliphatic rings. The molecule has 1 aliphatic carbocycles. The molecular weight excluding hydrogens is 875 g/mol. The number of carbonyl (C=O) groups is 5. The number of methoxy groups -OCH3 is 3. The number of rotatable bonds is 9. The molecule has 0 aromatic carbocycles. The number of Topliss-reactive ketones (excluding diaryl/α,β-unsaturated/α-hetero) is 3. The molecular formula is C53H83NO14. The summed E-state index contributed by atoms with van der Waals surface area (Å²) < 4.78 is 35.6. The lowest BCUT2D eigenvalue weighted by molar-refractivity contribution is -0.265. The number of nitrogens with zero attached hydrogens (tertiary/aromatic N) is 1. The third-order valence-corrected chi connectivity index (χ3v) is 14.9. The second-order valence-electron chi connectivity index (χ2n) is 20.2. The average molecular weight is 958 g/mol. The van der Waals surface area contributed by atoms with Crippen LogP contribution in [0.3, 0.4) is 0 Å². The number of cyclic esters (lactones) is 1. The van der Waals surface area contributed by atoms with Crippen molar-refractivity contribution in [2.24, 2.45) is 35.5 Å². The van der Waals surface area contributed by atoms with Gasteiger partial charge in [0.2, 0.25) is 5.79 Å². The van der Waals surface area contributed by atoms with E-state index in [2.05, 4.69) is 0 Å². The van der Waals surface area contributed by atoms with E-state index in [4.69, 9.17) is 28.4 Å². The Labute approximate surface area is 405 Å². The fourth-order valence-corrected chi connectivity index (χ4v) is 10.5. The standard InChI is InChI=1S/C53H83NO14/c1-32-16-12-11-13-17-33(2)44(63-8)30-40-21-19-38(7)53(62,68-40)50(59)51(60)54-23-15-14-18-41(54)52(61)67-45(35(4)28-39-20-22-43(66-25-24-55)46(29-39)64-9)31-42(56)34(3)27-37(6)48(58)49(65-10)47(57)36(5)26-32/h11-13,16-17,27,32,34-36,38-41,43-46,48-49,55,58,62H,14-15,18-26,28-31H2,1-10H3/b13-11-,16-12-,33-17-,37-27+/t32-,34-,35+,36-,38+,39+,40-,41-,43-,44-,45+,46+,48-,49-,53+/m1/s1. The van der Waals surface area contributed by atoms with Crippen LogP contribution in [-0.2, 0) is 52.4 Å². The fourth-order valence-electron chi connectivity index (χ4n) is 10.5. The highest BCUT2D eigenvalue weighted by Crippen LogP contribution is 2.38. The van der Waals surface area contributed by atoms with E-state index in [-0.39, 0.29) is 74.1 Å². The summed E-state index contributed by atoms with van der Waals surface area (Å²) in [6.45, 7) is 12.9. The lowest BCUT2D eigenvalue weighted by atomic mass is 9.78. The van der Waals surface area contributed by atoms with Crippen molar-refractivity contribution >= 4 is 29.2 Å². The lowest BCUT2D eigenvalue weighted by Crippen LogP contribution is -2.61. The minimum absolute atomic E-state index is 0.0158. The van der Waals surface area contributed by atoms with Gasteiger partial charge < -0.3 is 48.6 Å². The Bertz CT molecular complexity index is 1810. The topological polar surface area (TPSA) is 205 Å². The summed E-state index contributed by atoms with van der Waals surface area (Å²) in [4.78, 5) is 72.1. The Balaban J connectivity index is 1.70. The average Bonchev–Trinajstić information content (AvgIpc) is 3.32. The van der Waals surface area contributed by atoms with Gasteiger partial charge in [0.25, 0.3) is 11.7 Å². The third kappa shape index (κ3) is 15.3. The van der Waals surface area contributed by atoms with Gasteiger partial charge in [0.1, 0.15) is 30.1 Å². The minimum Gasteiger partial charge on any atom is -0.460 e. The molecule has 15 nitrogen and oxygen atoms in total. The quantitative estimate of drug-likeness (QED) is 0.134. The zero-order valence-electron chi connectivity index (χ0n) is 42.4. The van der Waals surface area contributed by atoms with Crippen LogP contribution in [0.25, 0.3) is 0 Å². The van der Waals surface area contributed by atoms with Crippen LogP contribution in [0.1, 0.15) is 126 Å². The van der Waals surface area contributed by atoms with E-state index in [1.165, 1.54) is 12.0 Å². The number of carbonyl (C=O) groups excluding carboxylic acids is 5. The third-order valence-electron chi connectivity index (χ3n) is 14.9. The summed E-state index contributed by atoms with van der Waals surface area (Å²) in [6.07, 6.45) is 12.0. The molecule has 68 heavy (non-hydrogen) atoms. The van der Waals surface area contributed by atoms with Gasteiger partial charge in [-0.15, -0.1) is 0 Å². The van der Waals surface area contributed by atoms with Gasteiger partial charge in [-0.25, -0.2) is 4.79 Å². The molecule has 2 bridgehead atoms. The number of aliphatic hydroxyl groups is 3. The molecule has 0 radical (unpaired) electrons. The monoisotopic (exact) mass is 958 g/mol. The van der Waals surface area contributed by atoms with Crippen LogP contribution in [0.2, 0.25) is 0 Å². The van der Waals surface area contributed by atoms with Crippen LogP contribution in [-0.4, -0.2) is 145 Å². The highest BCUT2D eigenvalue weighted by Gasteiger charge is 2.53. The van der Waals surface area contributed by atoms with Gasteiger partial charge in [0.05, 0.1) is 37.6 Å². The van der Waals surface area contributed by atoms with Crippen molar-refractivity contribution in [2.45, 2.75) is 180 Å². The van der Waals surface area contributed by atoms with E-state index in [0.717, 1.165) is 12.0 Å². The van der Waals surface area contributed by atoms with Crippen molar-refractivity contribution in [1.82, 2.24) is 4.90 Å². The van der Waals surface area contributed by atoms with Gasteiger partial charge in [-0.05, 0) is 107 Å². The predicted octanol–water partition coefficient (Wildman–Crippen LogP) is 6.20. The van der Waals surface area contributed by atoms with Gasteiger partial charge in [-0.3, -0.25) is 19.2 Å². The molecule has 1 amide bonds. The smallest absolute Gasteiger partial charge is 0.329 e. The number of piperidine rings is 1. The fraction of sp³-hybridized carbons (Fsp3) is 0.755. The van der Waals surface area contributed by atoms with Gasteiger partial charge in [-0.1, -0.05) is 71.1 Å². The van der Waals surface area contributed by atoms with E-state index >= 15 is 0 Å². The first-order valence-corrected chi connectivity index (χ1v) is 25.0. The number of ketones is 3. The minimum atomic E-state index is -2.43. The summed E-state index contributed by atoms with van der Waals surface area (Å²) in [7, 11) is 4.58. The number of aliphatic hydroxyl groups excluding tert-OH is 2. The molecule has 2 saturated heterocycles. The van der Waals surface area contributed by atoms with Crippen molar-refractivity contribution in [3.05, 3.63) is 47.6 Å². The number of allylic oxidation sites excluding steroid dienone is 6. The first-order valence-electron chi connectivity index (χ1n) is 25.0. The summed E-state index contributed by atoms with van der Waals surface area (Å²) in [5.74, 6) is -7.96. The summed E-state index contributed by atoms with van der Waals surface area (Å²) in [5.41, 5.74) is 1.26. The van der Waals surface area contributed by atoms with Crippen LogP contribution < -0.4 is 0 Å². The molecule has 0 aromatic rings. The molecule has 384 valence electrons. The highest BCUT2D eigenvalue weighted by molar-refractivity contribution is 6.39. The van der Waals surface area contributed by atoms with Crippen LogP contribution in [0.15, 0.2) is 47.6 Å². The molecule has 1 saturated carbocycles. The SMILES string of the molecule is CO[C@H]1C[C@H](C[C@H](C)[C@@H]2CC(=O)[C@H](C)/C=C(\C)[C@@H](O)[C@H](OC)C(=O)[C@H](C)C[C@H](C)\C=C/C=C\C=C(\C)[C@H](OC)C[C@H]3CC[C@H](C)[C@](O)(O3)C(=O)C(=O)N3CCCC[C@@H]3C(=O)O2)CC[C@H]1OCCO. The van der Waals surface area contributed by atoms with Crippen LogP contribution in [0.4, 0.5) is 0 Å². The first kappa shape index (κ1) is 57.2. The van der Waals surface area contributed by atoms with E-state index in [1.807, 2.05) is 58.1 Å². The van der Waals surface area contributed by atoms with Gasteiger partial charge in [-0.2, -0.15) is 0 Å². The Morgan fingerprint density at radius 3 is 2.26 bits per heavy atom. The van der Waals surface area contributed by atoms with Crippen molar-refractivity contribution in [3.63, 3.8) is 0 Å².